The number of nitrogens with one attached hydrogen (secondary N) is 1. The molecule has 3 heteroatoms. The highest BCUT2D eigenvalue weighted by Gasteiger charge is 1.84. The molecule has 0 aromatic heterocycles. The van der Waals surface area contributed by atoms with Crippen LogP contribution in [0, 0.1) is 0 Å². The molecule has 0 spiro atoms. The van der Waals surface area contributed by atoms with Gasteiger partial charge in [-0.2, -0.15) is 0 Å². The van der Waals surface area contributed by atoms with Gasteiger partial charge < -0.3 is 10.1 Å². The normalized spacial score (nSPS) is 9.30. The summed E-state index contributed by atoms with van der Waals surface area (Å²) in [6.45, 7) is 4.87. The third-order valence-corrected chi connectivity index (χ3v) is 1.17. The number of hydrogen-bond donors (Lipinski definition) is 1. The summed E-state index contributed by atoms with van der Waals surface area (Å²) < 4.78 is 4.47. The fraction of sp³-hybridized carbons (Fsp3) is 0.857. The van der Waals surface area contributed by atoms with Crippen molar-refractivity contribution in [1.29, 1.82) is 0 Å². The van der Waals surface area contributed by atoms with E-state index in [9.17, 15) is 4.79 Å². The third kappa shape index (κ3) is 7.43. The first-order valence-corrected chi connectivity index (χ1v) is 3.67. The standard InChI is InChI=1S/C7H15NO2/c1-2-3-4-8-5-6-10-7-9/h7-8H,2-6H2,1H3. The Labute approximate surface area is 61.8 Å². The van der Waals surface area contributed by atoms with E-state index in [0.29, 0.717) is 13.1 Å². The molecular formula is C7H15NO2. The number of unbranched alkanes of at least 4 members (excludes halogenated alkanes) is 1. The lowest BCUT2D eigenvalue weighted by Gasteiger charge is -2.00. The third-order valence-electron chi connectivity index (χ3n) is 1.17. The largest absolute Gasteiger partial charge is 0.467 e. The maximum absolute atomic E-state index is 9.64. The molecule has 0 aliphatic heterocycles. The Balaban J connectivity index is 2.70. The van der Waals surface area contributed by atoms with Crippen molar-refractivity contribution in [2.75, 3.05) is 19.7 Å². The van der Waals surface area contributed by atoms with Crippen molar-refractivity contribution in [3.8, 4) is 0 Å². The Hall–Kier alpha value is -0.570. The average Bonchev–Trinajstić information content (AvgIpc) is 1.97. The minimum absolute atomic E-state index is 0.474. The van der Waals surface area contributed by atoms with Crippen molar-refractivity contribution in [3.05, 3.63) is 0 Å². The van der Waals surface area contributed by atoms with Gasteiger partial charge in [-0.3, -0.25) is 4.79 Å². The number of rotatable bonds is 7. The Morgan fingerprint density at radius 2 is 2.30 bits per heavy atom. The van der Waals surface area contributed by atoms with E-state index in [4.69, 9.17) is 0 Å². The van der Waals surface area contributed by atoms with E-state index in [-0.39, 0.29) is 0 Å². The summed E-state index contributed by atoms with van der Waals surface area (Å²) in [6, 6.07) is 0. The summed E-state index contributed by atoms with van der Waals surface area (Å²) >= 11 is 0. The second-order valence-corrected chi connectivity index (χ2v) is 2.07. The molecule has 60 valence electrons. The maximum atomic E-state index is 9.64. The lowest BCUT2D eigenvalue weighted by molar-refractivity contribution is -0.128. The fourth-order valence-corrected chi connectivity index (χ4v) is 0.606. The van der Waals surface area contributed by atoms with Gasteiger partial charge in [-0.25, -0.2) is 0 Å². The molecule has 0 aromatic rings. The smallest absolute Gasteiger partial charge is 0.293 e. The molecular weight excluding hydrogens is 130 g/mol. The lowest BCUT2D eigenvalue weighted by atomic mass is 10.3. The van der Waals surface area contributed by atoms with Crippen molar-refractivity contribution >= 4 is 6.47 Å². The molecule has 3 nitrogen and oxygen atoms in total. The molecule has 0 unspecified atom stereocenters. The molecule has 0 heterocycles. The van der Waals surface area contributed by atoms with E-state index >= 15 is 0 Å². The summed E-state index contributed by atoms with van der Waals surface area (Å²) in [7, 11) is 0. The van der Waals surface area contributed by atoms with Gasteiger partial charge in [0.25, 0.3) is 6.47 Å². The zero-order valence-electron chi connectivity index (χ0n) is 6.43. The molecule has 0 amide bonds. The molecule has 0 aliphatic carbocycles. The summed E-state index contributed by atoms with van der Waals surface area (Å²) in [5.74, 6) is 0. The van der Waals surface area contributed by atoms with Crippen LogP contribution in [-0.2, 0) is 9.53 Å². The van der Waals surface area contributed by atoms with Gasteiger partial charge in [-0.15, -0.1) is 0 Å². The minimum atomic E-state index is 0.474. The zero-order chi connectivity index (χ0) is 7.66. The van der Waals surface area contributed by atoms with E-state index in [1.54, 1.807) is 0 Å². The Kier molecular flexibility index (Phi) is 7.95. The van der Waals surface area contributed by atoms with Crippen LogP contribution in [0.3, 0.4) is 0 Å². The molecule has 0 saturated carbocycles. The summed E-state index contributed by atoms with van der Waals surface area (Å²) in [5.41, 5.74) is 0. The highest BCUT2D eigenvalue weighted by molar-refractivity contribution is 5.36. The first-order valence-electron chi connectivity index (χ1n) is 3.67. The van der Waals surface area contributed by atoms with E-state index in [2.05, 4.69) is 17.0 Å². The van der Waals surface area contributed by atoms with Gasteiger partial charge in [0, 0.05) is 6.54 Å². The highest BCUT2D eigenvalue weighted by Crippen LogP contribution is 1.81. The summed E-state index contributed by atoms with van der Waals surface area (Å²) in [4.78, 5) is 9.64. The molecule has 0 aliphatic rings. The molecule has 0 radical (unpaired) electrons. The monoisotopic (exact) mass is 145 g/mol. The summed E-state index contributed by atoms with van der Waals surface area (Å²) in [5, 5.41) is 3.14. The lowest BCUT2D eigenvalue weighted by Crippen LogP contribution is -2.20. The second-order valence-electron chi connectivity index (χ2n) is 2.07. The van der Waals surface area contributed by atoms with Gasteiger partial charge in [0.1, 0.15) is 6.61 Å². The van der Waals surface area contributed by atoms with Crippen LogP contribution in [0.2, 0.25) is 0 Å². The van der Waals surface area contributed by atoms with Crippen LogP contribution in [0.1, 0.15) is 19.8 Å². The van der Waals surface area contributed by atoms with Crippen molar-refractivity contribution < 1.29 is 9.53 Å². The van der Waals surface area contributed by atoms with Crippen LogP contribution >= 0.6 is 0 Å². The summed E-state index contributed by atoms with van der Waals surface area (Å²) in [6.07, 6.45) is 2.38. The predicted octanol–water partition coefficient (Wildman–Crippen LogP) is 0.549. The minimum Gasteiger partial charge on any atom is -0.467 e. The maximum Gasteiger partial charge on any atom is 0.293 e. The van der Waals surface area contributed by atoms with Crippen LogP contribution in [0.4, 0.5) is 0 Å². The van der Waals surface area contributed by atoms with Gasteiger partial charge in [0.2, 0.25) is 0 Å². The predicted molar refractivity (Wildman–Crippen MR) is 39.8 cm³/mol. The Morgan fingerprint density at radius 3 is 2.90 bits per heavy atom. The molecule has 0 saturated heterocycles. The zero-order valence-corrected chi connectivity index (χ0v) is 6.43. The van der Waals surface area contributed by atoms with E-state index in [0.717, 1.165) is 13.1 Å². The van der Waals surface area contributed by atoms with Gasteiger partial charge >= 0.3 is 0 Å². The van der Waals surface area contributed by atoms with Gasteiger partial charge in [0.15, 0.2) is 0 Å². The Morgan fingerprint density at radius 1 is 1.50 bits per heavy atom. The van der Waals surface area contributed by atoms with E-state index < -0.39 is 0 Å². The molecule has 0 fully saturated rings. The van der Waals surface area contributed by atoms with E-state index in [1.165, 1.54) is 12.8 Å². The molecule has 0 bridgehead atoms. The van der Waals surface area contributed by atoms with Crippen molar-refractivity contribution in [3.63, 3.8) is 0 Å². The fourth-order valence-electron chi connectivity index (χ4n) is 0.606. The topological polar surface area (TPSA) is 38.3 Å². The SMILES string of the molecule is CCCCNCCOC=O. The molecule has 0 atom stereocenters. The average molecular weight is 145 g/mol. The first-order chi connectivity index (χ1) is 4.91. The molecule has 1 N–H and O–H groups in total. The van der Waals surface area contributed by atoms with E-state index in [1.807, 2.05) is 0 Å². The van der Waals surface area contributed by atoms with Crippen LogP contribution in [0.15, 0.2) is 0 Å². The van der Waals surface area contributed by atoms with Crippen molar-refractivity contribution in [1.82, 2.24) is 5.32 Å². The van der Waals surface area contributed by atoms with Gasteiger partial charge in [-0.1, -0.05) is 13.3 Å². The van der Waals surface area contributed by atoms with Crippen molar-refractivity contribution in [2.45, 2.75) is 19.8 Å². The first kappa shape index (κ1) is 9.43. The molecule has 0 rings (SSSR count). The number of carbonyl (C=O) groups excluding carboxylic acids is 1. The van der Waals surface area contributed by atoms with Crippen LogP contribution in [-0.4, -0.2) is 26.2 Å². The Bertz CT molecular complexity index is 76.0. The van der Waals surface area contributed by atoms with Crippen molar-refractivity contribution in [2.24, 2.45) is 0 Å². The van der Waals surface area contributed by atoms with Gasteiger partial charge in [0.05, 0.1) is 0 Å². The number of hydrogen-bond acceptors (Lipinski definition) is 3. The highest BCUT2D eigenvalue weighted by atomic mass is 16.5. The van der Waals surface area contributed by atoms with Crippen LogP contribution in [0.25, 0.3) is 0 Å². The van der Waals surface area contributed by atoms with Gasteiger partial charge in [-0.05, 0) is 13.0 Å². The molecule has 0 aromatic carbocycles. The second kappa shape index (κ2) is 8.43. The number of ether oxygens (including phenoxy) is 1. The van der Waals surface area contributed by atoms with Crippen LogP contribution in [0.5, 0.6) is 0 Å². The number of carbonyl (C=O) groups is 1. The van der Waals surface area contributed by atoms with Crippen LogP contribution < -0.4 is 5.32 Å². The molecule has 10 heavy (non-hydrogen) atoms. The quantitative estimate of drug-likeness (QED) is 0.420.